The molecule has 2 rings (SSSR count). The van der Waals surface area contributed by atoms with Crippen LogP contribution in [0, 0.1) is 5.82 Å². The van der Waals surface area contributed by atoms with E-state index in [2.05, 4.69) is 21.9 Å². The number of halogens is 1. The summed E-state index contributed by atoms with van der Waals surface area (Å²) in [6, 6.07) is 8.95. The molecule has 0 aliphatic carbocycles. The van der Waals surface area contributed by atoms with Crippen LogP contribution in [0.1, 0.15) is 27.1 Å². The summed E-state index contributed by atoms with van der Waals surface area (Å²) in [5, 5.41) is 5.01. The highest BCUT2D eigenvalue weighted by molar-refractivity contribution is 7.89. The quantitative estimate of drug-likeness (QED) is 0.403. The van der Waals surface area contributed by atoms with Crippen molar-refractivity contribution in [1.82, 2.24) is 10.0 Å². The van der Waals surface area contributed by atoms with E-state index in [0.717, 1.165) is 18.2 Å². The Hall–Kier alpha value is -3.57. The van der Waals surface area contributed by atoms with Crippen molar-refractivity contribution in [3.8, 4) is 0 Å². The van der Waals surface area contributed by atoms with E-state index in [1.165, 1.54) is 18.2 Å². The summed E-state index contributed by atoms with van der Waals surface area (Å²) >= 11 is 0. The predicted octanol–water partition coefficient (Wildman–Crippen LogP) is 1.15. The maximum absolute atomic E-state index is 14.1. The lowest BCUT2D eigenvalue weighted by Crippen LogP contribution is -2.29. The number of primary amides is 1. The molecule has 0 spiro atoms. The van der Waals surface area contributed by atoms with E-state index in [9.17, 15) is 27.2 Å². The van der Waals surface area contributed by atoms with E-state index in [0.29, 0.717) is 0 Å². The first kappa shape index (κ1) is 23.7. The summed E-state index contributed by atoms with van der Waals surface area (Å²) in [7, 11) is -4.20. The molecule has 0 saturated carbocycles. The molecule has 0 atom stereocenters. The molecule has 0 fully saturated rings. The molecule has 0 heterocycles. The van der Waals surface area contributed by atoms with Gasteiger partial charge in [-0.3, -0.25) is 14.4 Å². The van der Waals surface area contributed by atoms with Crippen LogP contribution in [0.5, 0.6) is 0 Å². The Morgan fingerprint density at radius 1 is 1.10 bits per heavy atom. The zero-order chi connectivity index (χ0) is 23.0. The summed E-state index contributed by atoms with van der Waals surface area (Å²) in [5.41, 5.74) is 5.15. The minimum absolute atomic E-state index is 0.0212. The zero-order valence-corrected chi connectivity index (χ0v) is 17.2. The summed E-state index contributed by atoms with van der Waals surface area (Å²) in [4.78, 5) is 35.1. The van der Waals surface area contributed by atoms with Crippen molar-refractivity contribution in [2.75, 3.05) is 18.4 Å². The van der Waals surface area contributed by atoms with Gasteiger partial charge < -0.3 is 16.4 Å². The highest BCUT2D eigenvalue weighted by atomic mass is 32.2. The van der Waals surface area contributed by atoms with Crippen molar-refractivity contribution in [3.63, 3.8) is 0 Å². The molecule has 0 aliphatic rings. The van der Waals surface area contributed by atoms with Crippen molar-refractivity contribution < 1.29 is 27.2 Å². The largest absolute Gasteiger partial charge is 0.370 e. The second-order valence-electron chi connectivity index (χ2n) is 6.26. The Morgan fingerprint density at radius 2 is 1.81 bits per heavy atom. The number of hydrogen-bond acceptors (Lipinski definition) is 5. The van der Waals surface area contributed by atoms with Crippen molar-refractivity contribution in [2.24, 2.45) is 5.73 Å². The van der Waals surface area contributed by atoms with Crippen LogP contribution in [0.2, 0.25) is 0 Å². The standard InChI is InChI=1S/C20H21FN4O5S/c1-2-10-24-31(29,30)17-12-13(7-8-15(17)21)19(27)25-16-6-4-3-5-14(16)20(28)23-11-9-18(22)26/h2-8,12,24H,1,9-11H2,(H2,22,26)(H,23,28)(H,25,27). The first-order valence-corrected chi connectivity index (χ1v) is 10.5. The number of para-hydroxylation sites is 1. The Balaban J connectivity index is 2.25. The van der Waals surface area contributed by atoms with Gasteiger partial charge in [-0.2, -0.15) is 0 Å². The van der Waals surface area contributed by atoms with Crippen molar-refractivity contribution in [1.29, 1.82) is 0 Å². The zero-order valence-electron chi connectivity index (χ0n) is 16.4. The normalized spacial score (nSPS) is 10.9. The van der Waals surface area contributed by atoms with Crippen LogP contribution in [-0.2, 0) is 14.8 Å². The lowest BCUT2D eigenvalue weighted by molar-refractivity contribution is -0.117. The minimum Gasteiger partial charge on any atom is -0.370 e. The van der Waals surface area contributed by atoms with E-state index in [4.69, 9.17) is 5.73 Å². The maximum atomic E-state index is 14.1. The number of amides is 3. The molecule has 0 saturated heterocycles. The van der Waals surface area contributed by atoms with Crippen LogP contribution < -0.4 is 21.1 Å². The number of carbonyl (C=O) groups excluding carboxylic acids is 3. The molecule has 5 N–H and O–H groups in total. The molecule has 0 unspecified atom stereocenters. The number of benzene rings is 2. The molecule has 2 aromatic carbocycles. The van der Waals surface area contributed by atoms with Gasteiger partial charge in [0.1, 0.15) is 10.7 Å². The Morgan fingerprint density at radius 3 is 2.48 bits per heavy atom. The van der Waals surface area contributed by atoms with Gasteiger partial charge in [0.2, 0.25) is 15.9 Å². The molecule has 3 amide bonds. The lowest BCUT2D eigenvalue weighted by Gasteiger charge is -2.12. The first-order valence-electron chi connectivity index (χ1n) is 9.02. The highest BCUT2D eigenvalue weighted by Gasteiger charge is 2.21. The van der Waals surface area contributed by atoms with Gasteiger partial charge in [0.05, 0.1) is 11.3 Å². The number of anilines is 1. The smallest absolute Gasteiger partial charge is 0.255 e. The molecule has 2 aromatic rings. The van der Waals surface area contributed by atoms with Crippen molar-refractivity contribution in [2.45, 2.75) is 11.3 Å². The average Bonchev–Trinajstić information content (AvgIpc) is 2.72. The molecule has 9 nitrogen and oxygen atoms in total. The van der Waals surface area contributed by atoms with E-state index < -0.39 is 38.5 Å². The van der Waals surface area contributed by atoms with Crippen LogP contribution in [0.3, 0.4) is 0 Å². The Labute approximate surface area is 178 Å². The monoisotopic (exact) mass is 448 g/mol. The third-order valence-electron chi connectivity index (χ3n) is 3.98. The predicted molar refractivity (Wildman–Crippen MR) is 112 cm³/mol. The first-order chi connectivity index (χ1) is 14.7. The number of rotatable bonds is 10. The number of carbonyl (C=O) groups is 3. The number of hydrogen-bond donors (Lipinski definition) is 4. The second-order valence-corrected chi connectivity index (χ2v) is 7.99. The van der Waals surface area contributed by atoms with E-state index in [1.807, 2.05) is 0 Å². The van der Waals surface area contributed by atoms with Gasteiger partial charge in [0.25, 0.3) is 11.8 Å². The van der Waals surface area contributed by atoms with Crippen LogP contribution >= 0.6 is 0 Å². The summed E-state index contributed by atoms with van der Waals surface area (Å²) in [6.45, 7) is 3.29. The van der Waals surface area contributed by atoms with Crippen LogP contribution in [0.4, 0.5) is 10.1 Å². The summed E-state index contributed by atoms with van der Waals surface area (Å²) in [6.07, 6.45) is 1.24. The molecular weight excluding hydrogens is 427 g/mol. The van der Waals surface area contributed by atoms with Crippen molar-refractivity contribution >= 4 is 33.4 Å². The fraction of sp³-hybridized carbons (Fsp3) is 0.150. The maximum Gasteiger partial charge on any atom is 0.255 e. The van der Waals surface area contributed by atoms with Gasteiger partial charge in [0, 0.05) is 25.1 Å². The SMILES string of the molecule is C=CCNS(=O)(=O)c1cc(C(=O)Nc2ccccc2C(=O)NCCC(N)=O)ccc1F. The third kappa shape index (κ3) is 6.46. The number of nitrogens with two attached hydrogens (primary N) is 1. The molecule has 0 aliphatic heterocycles. The van der Waals surface area contributed by atoms with Crippen LogP contribution in [0.15, 0.2) is 60.0 Å². The Kier molecular flexibility index (Phi) is 8.00. The summed E-state index contributed by atoms with van der Waals surface area (Å²) in [5.74, 6) is -2.90. The topological polar surface area (TPSA) is 147 Å². The second kappa shape index (κ2) is 10.5. The molecule has 31 heavy (non-hydrogen) atoms. The third-order valence-corrected chi connectivity index (χ3v) is 5.42. The lowest BCUT2D eigenvalue weighted by atomic mass is 10.1. The molecule has 0 aromatic heterocycles. The van der Waals surface area contributed by atoms with Gasteiger partial charge in [-0.05, 0) is 30.3 Å². The molecule has 0 radical (unpaired) electrons. The summed E-state index contributed by atoms with van der Waals surface area (Å²) < 4.78 is 40.6. The van der Waals surface area contributed by atoms with Crippen LogP contribution in [0.25, 0.3) is 0 Å². The van der Waals surface area contributed by atoms with Gasteiger partial charge in [-0.1, -0.05) is 18.2 Å². The molecular formula is C20H21FN4O5S. The van der Waals surface area contributed by atoms with Gasteiger partial charge in [-0.25, -0.2) is 17.5 Å². The van der Waals surface area contributed by atoms with Gasteiger partial charge >= 0.3 is 0 Å². The van der Waals surface area contributed by atoms with Gasteiger partial charge in [0.15, 0.2) is 0 Å². The Bertz CT molecular complexity index is 1120. The molecule has 164 valence electrons. The van der Waals surface area contributed by atoms with Crippen LogP contribution in [-0.4, -0.2) is 39.2 Å². The van der Waals surface area contributed by atoms with Crippen molar-refractivity contribution in [3.05, 3.63) is 72.1 Å². The average molecular weight is 448 g/mol. The van der Waals surface area contributed by atoms with Gasteiger partial charge in [-0.15, -0.1) is 6.58 Å². The molecule has 11 heteroatoms. The highest BCUT2D eigenvalue weighted by Crippen LogP contribution is 2.20. The molecule has 0 bridgehead atoms. The minimum atomic E-state index is -4.20. The fourth-order valence-electron chi connectivity index (χ4n) is 2.48. The number of sulfonamides is 1. The van der Waals surface area contributed by atoms with E-state index in [-0.39, 0.29) is 36.3 Å². The van der Waals surface area contributed by atoms with E-state index >= 15 is 0 Å². The number of nitrogens with one attached hydrogen (secondary N) is 3. The van der Waals surface area contributed by atoms with E-state index in [1.54, 1.807) is 12.1 Å². The fourth-order valence-corrected chi connectivity index (χ4v) is 3.58.